The summed E-state index contributed by atoms with van der Waals surface area (Å²) in [5.74, 6) is -0.262. The molecule has 0 saturated carbocycles. The summed E-state index contributed by atoms with van der Waals surface area (Å²) in [4.78, 5) is 41.2. The van der Waals surface area contributed by atoms with Gasteiger partial charge in [-0.25, -0.2) is 4.79 Å². The normalized spacial score (nSPS) is 33.0. The van der Waals surface area contributed by atoms with E-state index in [2.05, 4.69) is 0 Å². The number of rotatable bonds is 3. The van der Waals surface area contributed by atoms with Gasteiger partial charge in [-0.1, -0.05) is 0 Å². The van der Waals surface area contributed by atoms with E-state index in [0.29, 0.717) is 12.2 Å². The molecule has 0 bridgehead atoms. The van der Waals surface area contributed by atoms with E-state index in [1.165, 1.54) is 7.11 Å². The number of methoxy groups -OCH3 is 2. The SMILES string of the molecule is COC(=O)[C@]1(C)C[C@@H]2C(=O)N(c3ccc(OC)cc3)[C@@H]3CC(=O)N1[C@H]23. The van der Waals surface area contributed by atoms with E-state index in [0.717, 1.165) is 5.69 Å². The van der Waals surface area contributed by atoms with Crippen LogP contribution in [-0.4, -0.2) is 54.5 Å². The van der Waals surface area contributed by atoms with Crippen molar-refractivity contribution in [1.82, 2.24) is 4.90 Å². The Balaban J connectivity index is 1.71. The molecule has 3 heterocycles. The maximum atomic E-state index is 13.0. The molecule has 7 nitrogen and oxygen atoms in total. The number of hydrogen-bond donors (Lipinski definition) is 0. The topological polar surface area (TPSA) is 76.1 Å². The van der Waals surface area contributed by atoms with Gasteiger partial charge in [0.25, 0.3) is 0 Å². The van der Waals surface area contributed by atoms with Crippen LogP contribution in [0.15, 0.2) is 24.3 Å². The van der Waals surface area contributed by atoms with Crippen LogP contribution in [0.4, 0.5) is 5.69 Å². The molecule has 7 heteroatoms. The highest BCUT2D eigenvalue weighted by molar-refractivity contribution is 6.05. The van der Waals surface area contributed by atoms with Crippen LogP contribution in [0.25, 0.3) is 0 Å². The monoisotopic (exact) mass is 344 g/mol. The first-order valence-corrected chi connectivity index (χ1v) is 8.30. The number of benzene rings is 1. The summed E-state index contributed by atoms with van der Waals surface area (Å²) in [6.07, 6.45) is 0.531. The average molecular weight is 344 g/mol. The predicted octanol–water partition coefficient (Wildman–Crippen LogP) is 0.963. The van der Waals surface area contributed by atoms with Crippen LogP contribution < -0.4 is 9.64 Å². The molecule has 1 aromatic carbocycles. The van der Waals surface area contributed by atoms with Gasteiger partial charge in [0.2, 0.25) is 11.8 Å². The molecule has 0 N–H and O–H groups in total. The zero-order chi connectivity index (χ0) is 17.9. The van der Waals surface area contributed by atoms with Gasteiger partial charge in [0, 0.05) is 12.1 Å². The number of carbonyl (C=O) groups excluding carboxylic acids is 3. The number of carbonyl (C=O) groups is 3. The fourth-order valence-corrected chi connectivity index (χ4v) is 4.72. The van der Waals surface area contributed by atoms with Crippen LogP contribution in [0, 0.1) is 5.92 Å². The fourth-order valence-electron chi connectivity index (χ4n) is 4.72. The van der Waals surface area contributed by atoms with Gasteiger partial charge in [-0.3, -0.25) is 9.59 Å². The molecule has 4 atom stereocenters. The molecule has 0 aromatic heterocycles. The lowest BCUT2D eigenvalue weighted by Crippen LogP contribution is -2.52. The van der Waals surface area contributed by atoms with Crippen molar-refractivity contribution < 1.29 is 23.9 Å². The first kappa shape index (κ1) is 15.9. The molecule has 3 aliphatic heterocycles. The molecule has 3 aliphatic rings. The zero-order valence-corrected chi connectivity index (χ0v) is 14.4. The molecule has 3 saturated heterocycles. The Kier molecular flexibility index (Phi) is 3.32. The largest absolute Gasteiger partial charge is 0.497 e. The minimum Gasteiger partial charge on any atom is -0.497 e. The molecule has 3 fully saturated rings. The average Bonchev–Trinajstić information content (AvgIpc) is 3.20. The number of hydrogen-bond acceptors (Lipinski definition) is 5. The Bertz CT molecular complexity index is 761. The number of amides is 2. The maximum absolute atomic E-state index is 13.0. The van der Waals surface area contributed by atoms with Gasteiger partial charge < -0.3 is 19.3 Å². The molecule has 0 radical (unpaired) electrons. The highest BCUT2D eigenvalue weighted by Crippen LogP contribution is 2.51. The van der Waals surface area contributed by atoms with Gasteiger partial charge in [-0.2, -0.15) is 0 Å². The van der Waals surface area contributed by atoms with Crippen LogP contribution >= 0.6 is 0 Å². The van der Waals surface area contributed by atoms with E-state index in [9.17, 15) is 14.4 Å². The second kappa shape index (κ2) is 5.21. The van der Waals surface area contributed by atoms with Gasteiger partial charge in [0.1, 0.15) is 11.3 Å². The third kappa shape index (κ3) is 1.95. The summed E-state index contributed by atoms with van der Waals surface area (Å²) in [5, 5.41) is 0. The molecule has 0 spiro atoms. The van der Waals surface area contributed by atoms with Crippen LogP contribution in [0.5, 0.6) is 5.75 Å². The molecule has 1 aromatic rings. The van der Waals surface area contributed by atoms with Gasteiger partial charge in [0.15, 0.2) is 0 Å². The fraction of sp³-hybridized carbons (Fsp3) is 0.500. The van der Waals surface area contributed by atoms with Crippen LogP contribution in [0.2, 0.25) is 0 Å². The summed E-state index contributed by atoms with van der Waals surface area (Å²) >= 11 is 0. The predicted molar refractivity (Wildman–Crippen MR) is 88.0 cm³/mol. The van der Waals surface area contributed by atoms with Crippen LogP contribution in [0.3, 0.4) is 0 Å². The molecule has 25 heavy (non-hydrogen) atoms. The first-order chi connectivity index (χ1) is 11.9. The zero-order valence-electron chi connectivity index (χ0n) is 14.4. The maximum Gasteiger partial charge on any atom is 0.331 e. The lowest BCUT2D eigenvalue weighted by molar-refractivity contribution is -0.157. The molecule has 2 amide bonds. The van der Waals surface area contributed by atoms with Gasteiger partial charge >= 0.3 is 5.97 Å². The van der Waals surface area contributed by atoms with Gasteiger partial charge in [0.05, 0.1) is 32.2 Å². The number of ether oxygens (including phenoxy) is 2. The van der Waals surface area contributed by atoms with Crippen molar-refractivity contribution in [1.29, 1.82) is 0 Å². The van der Waals surface area contributed by atoms with Crippen molar-refractivity contribution in [3.8, 4) is 5.75 Å². The van der Waals surface area contributed by atoms with Crippen molar-refractivity contribution in [3.05, 3.63) is 24.3 Å². The quantitative estimate of drug-likeness (QED) is 0.764. The highest BCUT2D eigenvalue weighted by Gasteiger charge is 2.68. The van der Waals surface area contributed by atoms with E-state index in [1.54, 1.807) is 36.0 Å². The number of esters is 1. The summed E-state index contributed by atoms with van der Waals surface area (Å²) in [5.41, 5.74) is -0.308. The van der Waals surface area contributed by atoms with Crippen molar-refractivity contribution in [2.24, 2.45) is 5.92 Å². The molecule has 0 aliphatic carbocycles. The summed E-state index contributed by atoms with van der Waals surface area (Å²) < 4.78 is 10.1. The minimum atomic E-state index is -1.06. The van der Waals surface area contributed by atoms with E-state index >= 15 is 0 Å². The Morgan fingerprint density at radius 1 is 1.20 bits per heavy atom. The van der Waals surface area contributed by atoms with E-state index < -0.39 is 11.5 Å². The lowest BCUT2D eigenvalue weighted by atomic mass is 9.91. The van der Waals surface area contributed by atoms with E-state index in [1.807, 2.05) is 12.1 Å². The smallest absolute Gasteiger partial charge is 0.331 e. The Morgan fingerprint density at radius 2 is 1.88 bits per heavy atom. The third-order valence-corrected chi connectivity index (χ3v) is 5.77. The van der Waals surface area contributed by atoms with Crippen molar-refractivity contribution >= 4 is 23.5 Å². The Morgan fingerprint density at radius 3 is 2.48 bits per heavy atom. The van der Waals surface area contributed by atoms with Gasteiger partial charge in [-0.15, -0.1) is 0 Å². The molecule has 0 unspecified atom stereocenters. The Labute approximate surface area is 145 Å². The number of anilines is 1. The van der Waals surface area contributed by atoms with Gasteiger partial charge in [-0.05, 0) is 37.6 Å². The molecule has 4 rings (SSSR count). The van der Waals surface area contributed by atoms with Crippen molar-refractivity contribution in [2.45, 2.75) is 37.4 Å². The van der Waals surface area contributed by atoms with Crippen LogP contribution in [-0.2, 0) is 19.1 Å². The van der Waals surface area contributed by atoms with Crippen molar-refractivity contribution in [2.75, 3.05) is 19.1 Å². The molecule has 132 valence electrons. The second-order valence-electron chi connectivity index (χ2n) is 7.01. The molecular formula is C18H20N2O5. The highest BCUT2D eigenvalue weighted by atomic mass is 16.5. The number of nitrogens with zero attached hydrogens (tertiary/aromatic N) is 2. The van der Waals surface area contributed by atoms with Crippen LogP contribution in [0.1, 0.15) is 19.8 Å². The Hall–Kier alpha value is -2.57. The standard InChI is InChI=1S/C18H20N2O5/c1-18(17(23)25-3)9-12-15-13(8-14(21)20(15)18)19(16(12)22)10-4-6-11(24-2)7-5-10/h4-7,12-13,15H,8-9H2,1-3H3/t12-,13+,15+,18-/m0/s1. The van der Waals surface area contributed by atoms with E-state index in [4.69, 9.17) is 9.47 Å². The summed E-state index contributed by atoms with van der Waals surface area (Å²) in [6.45, 7) is 1.70. The second-order valence-corrected chi connectivity index (χ2v) is 7.01. The summed E-state index contributed by atoms with van der Waals surface area (Å²) in [7, 11) is 2.90. The van der Waals surface area contributed by atoms with Crippen molar-refractivity contribution in [3.63, 3.8) is 0 Å². The first-order valence-electron chi connectivity index (χ1n) is 8.30. The van der Waals surface area contributed by atoms with E-state index in [-0.39, 0.29) is 36.2 Å². The third-order valence-electron chi connectivity index (χ3n) is 5.77. The minimum absolute atomic E-state index is 0.0368. The molecular weight excluding hydrogens is 324 g/mol. The summed E-state index contributed by atoms with van der Waals surface area (Å²) in [6, 6.07) is 6.72. The lowest BCUT2D eigenvalue weighted by Gasteiger charge is -2.33.